The largest absolute Gasteiger partial charge is 0.377 e. The molecule has 106 valence electrons. The minimum absolute atomic E-state index is 0.213. The predicted molar refractivity (Wildman–Crippen MR) is 84.1 cm³/mol. The molecule has 1 unspecified atom stereocenters. The van der Waals surface area contributed by atoms with Crippen LogP contribution in [0.2, 0.25) is 0 Å². The SMILES string of the molecule is CCN(CC)c1ccc(NC(C)c2cccnc2)cn1. The van der Waals surface area contributed by atoms with Gasteiger partial charge in [-0.2, -0.15) is 0 Å². The van der Waals surface area contributed by atoms with Gasteiger partial charge in [-0.1, -0.05) is 6.07 Å². The average Bonchev–Trinajstić information content (AvgIpc) is 2.51. The minimum Gasteiger partial charge on any atom is -0.377 e. The maximum absolute atomic E-state index is 4.52. The van der Waals surface area contributed by atoms with Crippen molar-refractivity contribution in [1.82, 2.24) is 9.97 Å². The fourth-order valence-corrected chi connectivity index (χ4v) is 2.17. The molecule has 20 heavy (non-hydrogen) atoms. The van der Waals surface area contributed by atoms with Gasteiger partial charge in [-0.25, -0.2) is 4.98 Å². The third kappa shape index (κ3) is 3.47. The topological polar surface area (TPSA) is 41.0 Å². The molecule has 0 fully saturated rings. The normalized spacial score (nSPS) is 11.9. The number of nitrogens with zero attached hydrogens (tertiary/aromatic N) is 3. The quantitative estimate of drug-likeness (QED) is 0.872. The molecule has 2 aromatic heterocycles. The van der Waals surface area contributed by atoms with Crippen LogP contribution in [0.3, 0.4) is 0 Å². The molecule has 2 heterocycles. The Labute approximate surface area is 120 Å². The molecular formula is C16H22N4. The Morgan fingerprint density at radius 3 is 2.50 bits per heavy atom. The van der Waals surface area contributed by atoms with Gasteiger partial charge in [-0.05, 0) is 44.5 Å². The second kappa shape index (κ2) is 6.89. The monoisotopic (exact) mass is 270 g/mol. The molecule has 0 bridgehead atoms. The van der Waals surface area contributed by atoms with Crippen LogP contribution in [0, 0.1) is 0 Å². The highest BCUT2D eigenvalue weighted by Gasteiger charge is 2.06. The molecule has 4 heteroatoms. The van der Waals surface area contributed by atoms with Crippen molar-refractivity contribution in [1.29, 1.82) is 0 Å². The van der Waals surface area contributed by atoms with E-state index in [9.17, 15) is 0 Å². The zero-order chi connectivity index (χ0) is 14.4. The van der Waals surface area contributed by atoms with E-state index in [0.29, 0.717) is 0 Å². The van der Waals surface area contributed by atoms with E-state index in [-0.39, 0.29) is 6.04 Å². The lowest BCUT2D eigenvalue weighted by Crippen LogP contribution is -2.22. The first-order valence-corrected chi connectivity index (χ1v) is 7.12. The van der Waals surface area contributed by atoms with Gasteiger partial charge in [-0.3, -0.25) is 4.98 Å². The van der Waals surface area contributed by atoms with Crippen molar-refractivity contribution in [2.75, 3.05) is 23.3 Å². The second-order valence-corrected chi connectivity index (χ2v) is 4.73. The van der Waals surface area contributed by atoms with Crippen LogP contribution in [0.15, 0.2) is 42.9 Å². The van der Waals surface area contributed by atoms with Crippen molar-refractivity contribution >= 4 is 11.5 Å². The molecule has 1 N–H and O–H groups in total. The van der Waals surface area contributed by atoms with Crippen LogP contribution in [-0.2, 0) is 0 Å². The standard InChI is InChI=1S/C16H22N4/c1-4-20(5-2)16-9-8-15(12-18-16)19-13(3)14-7-6-10-17-11-14/h6-13,19H,4-5H2,1-3H3. The molecular weight excluding hydrogens is 248 g/mol. The highest BCUT2D eigenvalue weighted by Crippen LogP contribution is 2.19. The van der Waals surface area contributed by atoms with Crippen LogP contribution in [0.25, 0.3) is 0 Å². The summed E-state index contributed by atoms with van der Waals surface area (Å²) >= 11 is 0. The smallest absolute Gasteiger partial charge is 0.128 e. The lowest BCUT2D eigenvalue weighted by Gasteiger charge is -2.20. The van der Waals surface area contributed by atoms with Gasteiger partial charge in [-0.15, -0.1) is 0 Å². The highest BCUT2D eigenvalue weighted by atomic mass is 15.2. The third-order valence-corrected chi connectivity index (χ3v) is 3.40. The third-order valence-electron chi connectivity index (χ3n) is 3.40. The summed E-state index contributed by atoms with van der Waals surface area (Å²) in [6.45, 7) is 8.35. The molecule has 0 aliphatic rings. The van der Waals surface area contributed by atoms with Crippen molar-refractivity contribution in [3.8, 4) is 0 Å². The van der Waals surface area contributed by atoms with E-state index in [1.807, 2.05) is 18.5 Å². The van der Waals surface area contributed by atoms with Crippen LogP contribution in [0.1, 0.15) is 32.4 Å². The minimum atomic E-state index is 0.213. The van der Waals surface area contributed by atoms with Crippen LogP contribution >= 0.6 is 0 Å². The molecule has 1 atom stereocenters. The molecule has 0 saturated heterocycles. The van der Waals surface area contributed by atoms with Gasteiger partial charge < -0.3 is 10.2 Å². The Kier molecular flexibility index (Phi) is 4.93. The highest BCUT2D eigenvalue weighted by molar-refractivity contribution is 5.49. The lowest BCUT2D eigenvalue weighted by atomic mass is 10.1. The lowest BCUT2D eigenvalue weighted by molar-refractivity contribution is 0.843. The summed E-state index contributed by atoms with van der Waals surface area (Å²) in [7, 11) is 0. The summed E-state index contributed by atoms with van der Waals surface area (Å²) in [5.74, 6) is 1.02. The fraction of sp³-hybridized carbons (Fsp3) is 0.375. The number of nitrogens with one attached hydrogen (secondary N) is 1. The van der Waals surface area contributed by atoms with Gasteiger partial charge >= 0.3 is 0 Å². The molecule has 0 aromatic carbocycles. The maximum atomic E-state index is 4.52. The first-order valence-electron chi connectivity index (χ1n) is 7.12. The number of hydrogen-bond donors (Lipinski definition) is 1. The molecule has 0 amide bonds. The van der Waals surface area contributed by atoms with E-state index in [0.717, 1.165) is 24.6 Å². The van der Waals surface area contributed by atoms with Gasteiger partial charge in [0.2, 0.25) is 0 Å². The number of rotatable bonds is 6. The van der Waals surface area contributed by atoms with E-state index in [2.05, 4.69) is 59.2 Å². The zero-order valence-corrected chi connectivity index (χ0v) is 12.4. The molecule has 2 rings (SSSR count). The van der Waals surface area contributed by atoms with Crippen molar-refractivity contribution < 1.29 is 0 Å². The molecule has 4 nitrogen and oxygen atoms in total. The average molecular weight is 270 g/mol. The molecule has 0 radical (unpaired) electrons. The van der Waals surface area contributed by atoms with E-state index < -0.39 is 0 Å². The van der Waals surface area contributed by atoms with Gasteiger partial charge in [0.25, 0.3) is 0 Å². The molecule has 0 saturated carbocycles. The number of pyridine rings is 2. The summed E-state index contributed by atoms with van der Waals surface area (Å²) < 4.78 is 0. The Morgan fingerprint density at radius 2 is 1.95 bits per heavy atom. The summed E-state index contributed by atoms with van der Waals surface area (Å²) in [5.41, 5.74) is 2.19. The van der Waals surface area contributed by atoms with Gasteiger partial charge in [0.05, 0.1) is 17.9 Å². The molecule has 0 aliphatic carbocycles. The Bertz CT molecular complexity index is 506. The van der Waals surface area contributed by atoms with Gasteiger partial charge in [0.1, 0.15) is 5.82 Å². The zero-order valence-electron chi connectivity index (χ0n) is 12.4. The summed E-state index contributed by atoms with van der Waals surface area (Å²) in [4.78, 5) is 10.9. The maximum Gasteiger partial charge on any atom is 0.128 e. The first-order chi connectivity index (χ1) is 9.74. The fourth-order valence-electron chi connectivity index (χ4n) is 2.17. The number of aromatic nitrogens is 2. The Hall–Kier alpha value is -2.10. The van der Waals surface area contributed by atoms with Crippen LogP contribution in [-0.4, -0.2) is 23.1 Å². The Balaban J connectivity index is 2.04. The van der Waals surface area contributed by atoms with Crippen molar-refractivity contribution in [2.24, 2.45) is 0 Å². The van der Waals surface area contributed by atoms with Crippen LogP contribution in [0.5, 0.6) is 0 Å². The van der Waals surface area contributed by atoms with E-state index in [1.165, 1.54) is 5.56 Å². The van der Waals surface area contributed by atoms with Crippen molar-refractivity contribution in [2.45, 2.75) is 26.8 Å². The van der Waals surface area contributed by atoms with E-state index >= 15 is 0 Å². The summed E-state index contributed by atoms with van der Waals surface area (Å²) in [5, 5.41) is 3.44. The molecule has 0 spiro atoms. The van der Waals surface area contributed by atoms with Crippen molar-refractivity contribution in [3.63, 3.8) is 0 Å². The van der Waals surface area contributed by atoms with Crippen LogP contribution in [0.4, 0.5) is 11.5 Å². The Morgan fingerprint density at radius 1 is 1.15 bits per heavy atom. The number of hydrogen-bond acceptors (Lipinski definition) is 4. The van der Waals surface area contributed by atoms with E-state index in [1.54, 1.807) is 6.20 Å². The van der Waals surface area contributed by atoms with Gasteiger partial charge in [0, 0.05) is 25.5 Å². The summed E-state index contributed by atoms with van der Waals surface area (Å²) in [6, 6.07) is 8.38. The molecule has 0 aliphatic heterocycles. The van der Waals surface area contributed by atoms with Crippen LogP contribution < -0.4 is 10.2 Å². The first kappa shape index (κ1) is 14.3. The summed E-state index contributed by atoms with van der Waals surface area (Å²) in [6.07, 6.45) is 5.56. The predicted octanol–water partition coefficient (Wildman–Crippen LogP) is 3.50. The van der Waals surface area contributed by atoms with Crippen molar-refractivity contribution in [3.05, 3.63) is 48.4 Å². The van der Waals surface area contributed by atoms with E-state index in [4.69, 9.17) is 0 Å². The second-order valence-electron chi connectivity index (χ2n) is 4.73. The molecule has 2 aromatic rings. The number of anilines is 2. The van der Waals surface area contributed by atoms with Gasteiger partial charge in [0.15, 0.2) is 0 Å².